The van der Waals surface area contributed by atoms with E-state index >= 15 is 0 Å². The molecular weight excluding hydrogens is 297 g/mol. The van der Waals surface area contributed by atoms with Gasteiger partial charge in [-0.15, -0.1) is 0 Å². The van der Waals surface area contributed by atoms with Crippen LogP contribution in [-0.2, 0) is 0 Å². The van der Waals surface area contributed by atoms with Crippen molar-refractivity contribution < 1.29 is 5.11 Å². The molecule has 0 aromatic heterocycles. The van der Waals surface area contributed by atoms with Crippen molar-refractivity contribution in [2.45, 2.75) is 25.8 Å². The van der Waals surface area contributed by atoms with E-state index in [1.54, 1.807) is 12.1 Å². The van der Waals surface area contributed by atoms with Gasteiger partial charge < -0.3 is 16.2 Å². The van der Waals surface area contributed by atoms with Crippen molar-refractivity contribution in [1.82, 2.24) is 5.32 Å². The van der Waals surface area contributed by atoms with Crippen molar-refractivity contribution in [1.29, 1.82) is 0 Å². The van der Waals surface area contributed by atoms with Crippen LogP contribution < -0.4 is 11.1 Å². The van der Waals surface area contributed by atoms with Crippen LogP contribution in [-0.4, -0.2) is 24.2 Å². The number of nitrogens with two attached hydrogens (primary N) is 1. The number of nitrogens with zero attached hydrogens (tertiary/aromatic N) is 1. The first-order chi connectivity index (χ1) is 9.46. The van der Waals surface area contributed by atoms with Gasteiger partial charge in [0.2, 0.25) is 0 Å². The van der Waals surface area contributed by atoms with Gasteiger partial charge in [0.25, 0.3) is 0 Å². The topological polar surface area (TPSA) is 70.6 Å². The summed E-state index contributed by atoms with van der Waals surface area (Å²) in [4.78, 5) is 4.30. The highest BCUT2D eigenvalue weighted by molar-refractivity contribution is 6.35. The molecule has 0 spiro atoms. The van der Waals surface area contributed by atoms with E-state index in [0.29, 0.717) is 22.5 Å². The Balaban J connectivity index is 1.96. The number of hydrogen-bond acceptors (Lipinski definition) is 2. The average molecular weight is 316 g/mol. The molecule has 110 valence electrons. The molecule has 4 nitrogen and oxygen atoms in total. The van der Waals surface area contributed by atoms with Crippen LogP contribution in [0.5, 0.6) is 0 Å². The number of halogens is 2. The highest BCUT2D eigenvalue weighted by Crippen LogP contribution is 2.45. The normalized spacial score (nSPS) is 18.7. The number of rotatable bonds is 5. The van der Waals surface area contributed by atoms with Gasteiger partial charge in [0.15, 0.2) is 5.96 Å². The Morgan fingerprint density at radius 2 is 2.20 bits per heavy atom. The zero-order valence-corrected chi connectivity index (χ0v) is 12.9. The lowest BCUT2D eigenvalue weighted by molar-refractivity contribution is 0.217. The molecule has 1 aromatic carbocycles. The predicted octanol–water partition coefficient (Wildman–Crippen LogP) is 2.73. The Morgan fingerprint density at radius 3 is 2.75 bits per heavy atom. The van der Waals surface area contributed by atoms with E-state index in [0.717, 1.165) is 18.4 Å². The van der Waals surface area contributed by atoms with Crippen LogP contribution in [0.1, 0.15) is 31.4 Å². The van der Waals surface area contributed by atoms with Crippen molar-refractivity contribution >= 4 is 29.2 Å². The first kappa shape index (κ1) is 15.4. The van der Waals surface area contributed by atoms with E-state index in [1.807, 2.05) is 13.0 Å². The molecule has 6 heteroatoms. The number of benzene rings is 1. The third kappa shape index (κ3) is 3.78. The van der Waals surface area contributed by atoms with E-state index in [1.165, 1.54) is 0 Å². The van der Waals surface area contributed by atoms with Crippen molar-refractivity contribution in [3.05, 3.63) is 33.8 Å². The lowest BCUT2D eigenvalue weighted by Crippen LogP contribution is -2.34. The molecule has 0 heterocycles. The first-order valence-corrected chi connectivity index (χ1v) is 7.34. The molecule has 20 heavy (non-hydrogen) atoms. The second-order valence-corrected chi connectivity index (χ2v) is 6.24. The van der Waals surface area contributed by atoms with Gasteiger partial charge in [0.05, 0.1) is 19.2 Å². The SMILES string of the molecule is CC(NC(N)=NCC1(CO)CC1)c1ccc(Cl)cc1Cl. The summed E-state index contributed by atoms with van der Waals surface area (Å²) in [5, 5.41) is 13.5. The van der Waals surface area contributed by atoms with E-state index in [-0.39, 0.29) is 18.1 Å². The van der Waals surface area contributed by atoms with E-state index in [4.69, 9.17) is 28.9 Å². The summed E-state index contributed by atoms with van der Waals surface area (Å²) < 4.78 is 0. The molecule has 0 aliphatic heterocycles. The Morgan fingerprint density at radius 1 is 1.50 bits per heavy atom. The summed E-state index contributed by atoms with van der Waals surface area (Å²) >= 11 is 12.0. The molecule has 4 N–H and O–H groups in total. The van der Waals surface area contributed by atoms with Gasteiger partial charge in [-0.05, 0) is 37.5 Å². The minimum absolute atomic E-state index is 0.0343. The molecule has 0 saturated heterocycles. The van der Waals surface area contributed by atoms with E-state index in [9.17, 15) is 5.11 Å². The van der Waals surface area contributed by atoms with Gasteiger partial charge in [-0.1, -0.05) is 29.3 Å². The van der Waals surface area contributed by atoms with Gasteiger partial charge >= 0.3 is 0 Å². The fourth-order valence-electron chi connectivity index (χ4n) is 1.99. The van der Waals surface area contributed by atoms with Crippen LogP contribution in [0, 0.1) is 5.41 Å². The van der Waals surface area contributed by atoms with Gasteiger partial charge in [-0.25, -0.2) is 0 Å². The fraction of sp³-hybridized carbons (Fsp3) is 0.500. The fourth-order valence-corrected chi connectivity index (χ4v) is 2.57. The maximum atomic E-state index is 9.23. The number of aliphatic hydroxyl groups is 1. The standard InChI is InChI=1S/C14H19Cl2N3O/c1-9(11-3-2-10(15)6-12(11)16)19-13(17)18-7-14(8-20)4-5-14/h2-3,6,9,20H,4-5,7-8H2,1H3,(H3,17,18,19). The smallest absolute Gasteiger partial charge is 0.189 e. The van der Waals surface area contributed by atoms with E-state index in [2.05, 4.69) is 10.3 Å². The molecule has 1 fully saturated rings. The minimum Gasteiger partial charge on any atom is -0.396 e. The quantitative estimate of drug-likeness (QED) is 0.578. The average Bonchev–Trinajstić information content (AvgIpc) is 3.17. The van der Waals surface area contributed by atoms with Gasteiger partial charge in [0, 0.05) is 15.5 Å². The Kier molecular flexibility index (Phi) is 4.78. The Labute approximate surface area is 129 Å². The molecule has 1 aliphatic carbocycles. The molecule has 1 aliphatic rings. The zero-order valence-electron chi connectivity index (χ0n) is 11.4. The van der Waals surface area contributed by atoms with Crippen molar-refractivity contribution in [3.63, 3.8) is 0 Å². The summed E-state index contributed by atoms with van der Waals surface area (Å²) in [6, 6.07) is 5.30. The van der Waals surface area contributed by atoms with Crippen LogP contribution >= 0.6 is 23.2 Å². The van der Waals surface area contributed by atoms with Crippen molar-refractivity contribution in [2.75, 3.05) is 13.2 Å². The number of aliphatic hydroxyl groups excluding tert-OH is 1. The molecule has 0 amide bonds. The largest absolute Gasteiger partial charge is 0.396 e. The highest BCUT2D eigenvalue weighted by Gasteiger charge is 2.41. The summed E-state index contributed by atoms with van der Waals surface area (Å²) in [6.07, 6.45) is 2.03. The van der Waals surface area contributed by atoms with Gasteiger partial charge in [-0.3, -0.25) is 4.99 Å². The van der Waals surface area contributed by atoms with Gasteiger partial charge in [-0.2, -0.15) is 0 Å². The van der Waals surface area contributed by atoms with Crippen LogP contribution in [0.3, 0.4) is 0 Å². The number of guanidine groups is 1. The molecule has 0 bridgehead atoms. The molecule has 1 unspecified atom stereocenters. The third-order valence-corrected chi connectivity index (χ3v) is 4.23. The Bertz CT molecular complexity index is 515. The number of aliphatic imine (C=N–C) groups is 1. The molecule has 0 radical (unpaired) electrons. The molecule has 1 saturated carbocycles. The lowest BCUT2D eigenvalue weighted by atomic mass is 10.1. The second kappa shape index (κ2) is 6.20. The second-order valence-electron chi connectivity index (χ2n) is 5.39. The zero-order chi connectivity index (χ0) is 14.8. The van der Waals surface area contributed by atoms with Crippen molar-refractivity contribution in [2.24, 2.45) is 16.1 Å². The molecule has 2 rings (SSSR count). The van der Waals surface area contributed by atoms with Crippen LogP contribution in [0.2, 0.25) is 10.0 Å². The summed E-state index contributed by atoms with van der Waals surface area (Å²) in [7, 11) is 0. The summed E-state index contributed by atoms with van der Waals surface area (Å²) in [6.45, 7) is 2.68. The van der Waals surface area contributed by atoms with Crippen LogP contribution in [0.25, 0.3) is 0 Å². The third-order valence-electron chi connectivity index (χ3n) is 3.67. The number of nitrogens with one attached hydrogen (secondary N) is 1. The maximum absolute atomic E-state index is 9.23. The maximum Gasteiger partial charge on any atom is 0.189 e. The van der Waals surface area contributed by atoms with Crippen LogP contribution in [0.4, 0.5) is 0 Å². The predicted molar refractivity (Wildman–Crippen MR) is 83.3 cm³/mol. The van der Waals surface area contributed by atoms with Crippen LogP contribution in [0.15, 0.2) is 23.2 Å². The molecular formula is C14H19Cl2N3O. The first-order valence-electron chi connectivity index (χ1n) is 6.58. The minimum atomic E-state index is -0.0622. The Hall–Kier alpha value is -0.970. The van der Waals surface area contributed by atoms with Crippen molar-refractivity contribution in [3.8, 4) is 0 Å². The molecule has 1 atom stereocenters. The number of hydrogen-bond donors (Lipinski definition) is 3. The van der Waals surface area contributed by atoms with Gasteiger partial charge in [0.1, 0.15) is 0 Å². The lowest BCUT2D eigenvalue weighted by Gasteiger charge is -2.17. The summed E-state index contributed by atoms with van der Waals surface area (Å²) in [5.74, 6) is 0.364. The monoisotopic (exact) mass is 315 g/mol. The summed E-state index contributed by atoms with van der Waals surface area (Å²) in [5.41, 5.74) is 6.75. The molecule has 1 aromatic rings. The van der Waals surface area contributed by atoms with E-state index < -0.39 is 0 Å². The highest BCUT2D eigenvalue weighted by atomic mass is 35.5.